The van der Waals surface area contributed by atoms with Crippen LogP contribution in [0.1, 0.15) is 71.6 Å². The van der Waals surface area contributed by atoms with Crippen LogP contribution in [0.5, 0.6) is 0 Å². The summed E-state index contributed by atoms with van der Waals surface area (Å²) < 4.78 is 0. The zero-order valence-corrected chi connectivity index (χ0v) is 13.7. The van der Waals surface area contributed by atoms with Gasteiger partial charge in [-0.05, 0) is 65.6 Å². The van der Waals surface area contributed by atoms with Gasteiger partial charge in [0.1, 0.15) is 5.54 Å². The minimum absolute atomic E-state index is 0.334. The van der Waals surface area contributed by atoms with Crippen LogP contribution in [0, 0.1) is 11.3 Å². The Morgan fingerprint density at radius 3 is 2.55 bits per heavy atom. The smallest absolute Gasteiger partial charge is 0.103 e. The van der Waals surface area contributed by atoms with Crippen molar-refractivity contribution in [1.82, 2.24) is 10.2 Å². The monoisotopic (exact) mass is 279 g/mol. The van der Waals surface area contributed by atoms with Gasteiger partial charge in [-0.15, -0.1) is 0 Å². The molecule has 0 aliphatic heterocycles. The van der Waals surface area contributed by atoms with Crippen LogP contribution in [0.15, 0.2) is 0 Å². The standard InChI is InChI=1S/C17H33N3/c1-4-13-19-17(2,15-18)12-8-9-14-20(3)16-10-6-5-7-11-16/h16,19H,4-14H2,1-3H3. The Hall–Kier alpha value is -0.590. The van der Waals surface area contributed by atoms with E-state index in [4.69, 9.17) is 0 Å². The van der Waals surface area contributed by atoms with Crippen LogP contribution in [0.3, 0.4) is 0 Å². The summed E-state index contributed by atoms with van der Waals surface area (Å²) in [5, 5.41) is 12.7. The molecule has 0 saturated heterocycles. The normalized spacial score (nSPS) is 19.8. The Kier molecular flexibility index (Phi) is 8.18. The lowest BCUT2D eigenvalue weighted by Crippen LogP contribution is -2.41. The molecule has 20 heavy (non-hydrogen) atoms. The molecule has 0 aromatic rings. The summed E-state index contributed by atoms with van der Waals surface area (Å²) in [6.07, 6.45) is 11.4. The molecule has 1 N–H and O–H groups in total. The molecule has 0 aromatic heterocycles. The zero-order chi connectivity index (χ0) is 14.8. The van der Waals surface area contributed by atoms with Gasteiger partial charge in [-0.25, -0.2) is 0 Å². The van der Waals surface area contributed by atoms with Crippen molar-refractivity contribution >= 4 is 0 Å². The van der Waals surface area contributed by atoms with E-state index < -0.39 is 0 Å². The molecule has 1 saturated carbocycles. The molecule has 1 aliphatic rings. The van der Waals surface area contributed by atoms with Gasteiger partial charge in [0.25, 0.3) is 0 Å². The molecule has 3 heteroatoms. The molecule has 0 amide bonds. The number of nitriles is 1. The Bertz CT molecular complexity index is 291. The maximum absolute atomic E-state index is 9.30. The van der Waals surface area contributed by atoms with Crippen LogP contribution >= 0.6 is 0 Å². The lowest BCUT2D eigenvalue weighted by atomic mass is 9.93. The first-order valence-electron chi connectivity index (χ1n) is 8.48. The first-order chi connectivity index (χ1) is 9.61. The van der Waals surface area contributed by atoms with Crippen molar-refractivity contribution in [2.24, 2.45) is 0 Å². The highest BCUT2D eigenvalue weighted by atomic mass is 15.1. The highest BCUT2D eigenvalue weighted by molar-refractivity contribution is 5.03. The van der Waals surface area contributed by atoms with Gasteiger partial charge < -0.3 is 4.90 Å². The van der Waals surface area contributed by atoms with Gasteiger partial charge in [0.2, 0.25) is 0 Å². The van der Waals surface area contributed by atoms with Gasteiger partial charge in [0.05, 0.1) is 6.07 Å². The van der Waals surface area contributed by atoms with Crippen LogP contribution in [-0.4, -0.2) is 36.6 Å². The lowest BCUT2D eigenvalue weighted by Gasteiger charge is -2.31. The summed E-state index contributed by atoms with van der Waals surface area (Å²) >= 11 is 0. The third kappa shape index (κ3) is 6.24. The SMILES string of the molecule is CCCNC(C)(C#N)CCCCN(C)C1CCCCC1. The number of hydrogen-bond donors (Lipinski definition) is 1. The Morgan fingerprint density at radius 2 is 1.95 bits per heavy atom. The average Bonchev–Trinajstić information content (AvgIpc) is 2.50. The summed E-state index contributed by atoms with van der Waals surface area (Å²) in [7, 11) is 2.27. The molecule has 0 heterocycles. The summed E-state index contributed by atoms with van der Waals surface area (Å²) in [5.41, 5.74) is -0.334. The molecular weight excluding hydrogens is 246 g/mol. The average molecular weight is 279 g/mol. The van der Waals surface area contributed by atoms with Crippen LogP contribution in [0.2, 0.25) is 0 Å². The maximum atomic E-state index is 9.30. The predicted octanol–water partition coefficient (Wildman–Crippen LogP) is 3.70. The van der Waals surface area contributed by atoms with Crippen molar-refractivity contribution in [3.63, 3.8) is 0 Å². The largest absolute Gasteiger partial charge is 0.303 e. The summed E-state index contributed by atoms with van der Waals surface area (Å²) in [6.45, 7) is 6.30. The minimum Gasteiger partial charge on any atom is -0.303 e. The molecule has 116 valence electrons. The third-order valence-corrected chi connectivity index (χ3v) is 4.65. The number of hydrogen-bond acceptors (Lipinski definition) is 3. The number of nitrogens with one attached hydrogen (secondary N) is 1. The van der Waals surface area contributed by atoms with E-state index in [2.05, 4.69) is 30.3 Å². The van der Waals surface area contributed by atoms with Gasteiger partial charge in [-0.1, -0.05) is 26.2 Å². The Balaban J connectivity index is 2.17. The fraction of sp³-hybridized carbons (Fsp3) is 0.941. The van der Waals surface area contributed by atoms with Crippen molar-refractivity contribution < 1.29 is 0 Å². The van der Waals surface area contributed by atoms with Crippen molar-refractivity contribution in [2.45, 2.75) is 83.2 Å². The molecule has 0 aromatic carbocycles. The summed E-state index contributed by atoms with van der Waals surface area (Å²) in [5.74, 6) is 0. The van der Waals surface area contributed by atoms with E-state index in [1.54, 1.807) is 0 Å². The number of unbranched alkanes of at least 4 members (excludes halogenated alkanes) is 1. The van der Waals surface area contributed by atoms with Crippen LogP contribution < -0.4 is 5.32 Å². The fourth-order valence-corrected chi connectivity index (χ4v) is 3.13. The molecular formula is C17H33N3. The Labute approximate surface area is 125 Å². The second-order valence-electron chi connectivity index (χ2n) is 6.60. The molecule has 1 aliphatic carbocycles. The second-order valence-corrected chi connectivity index (χ2v) is 6.60. The van der Waals surface area contributed by atoms with Crippen molar-refractivity contribution in [3.8, 4) is 6.07 Å². The summed E-state index contributed by atoms with van der Waals surface area (Å²) in [6, 6.07) is 3.25. The van der Waals surface area contributed by atoms with E-state index in [1.807, 2.05) is 6.92 Å². The zero-order valence-electron chi connectivity index (χ0n) is 13.7. The number of nitrogens with zero attached hydrogens (tertiary/aromatic N) is 2. The predicted molar refractivity (Wildman–Crippen MR) is 85.7 cm³/mol. The molecule has 3 nitrogen and oxygen atoms in total. The first kappa shape index (κ1) is 17.5. The fourth-order valence-electron chi connectivity index (χ4n) is 3.13. The van der Waals surface area contributed by atoms with E-state index in [0.29, 0.717) is 0 Å². The summed E-state index contributed by atoms with van der Waals surface area (Å²) in [4.78, 5) is 2.54. The van der Waals surface area contributed by atoms with Gasteiger partial charge in [-0.2, -0.15) is 5.26 Å². The van der Waals surface area contributed by atoms with Gasteiger partial charge >= 0.3 is 0 Å². The highest BCUT2D eigenvalue weighted by Crippen LogP contribution is 2.22. The molecule has 1 atom stereocenters. The first-order valence-corrected chi connectivity index (χ1v) is 8.48. The molecule has 1 unspecified atom stereocenters. The lowest BCUT2D eigenvalue weighted by molar-refractivity contribution is 0.187. The number of rotatable bonds is 9. The van der Waals surface area contributed by atoms with Crippen LogP contribution in [0.4, 0.5) is 0 Å². The van der Waals surface area contributed by atoms with Gasteiger partial charge in [0.15, 0.2) is 0 Å². The minimum atomic E-state index is -0.334. The molecule has 0 bridgehead atoms. The maximum Gasteiger partial charge on any atom is 0.103 e. The topological polar surface area (TPSA) is 39.1 Å². The van der Waals surface area contributed by atoms with Gasteiger partial charge in [-0.3, -0.25) is 5.32 Å². The van der Waals surface area contributed by atoms with E-state index in [-0.39, 0.29) is 5.54 Å². The van der Waals surface area contributed by atoms with E-state index in [1.165, 1.54) is 45.1 Å². The molecule has 0 radical (unpaired) electrons. The second kappa shape index (κ2) is 9.37. The van der Waals surface area contributed by atoms with Crippen LogP contribution in [-0.2, 0) is 0 Å². The van der Waals surface area contributed by atoms with Crippen molar-refractivity contribution in [1.29, 1.82) is 5.26 Å². The Morgan fingerprint density at radius 1 is 1.25 bits per heavy atom. The van der Waals surface area contributed by atoms with Crippen LogP contribution in [0.25, 0.3) is 0 Å². The third-order valence-electron chi connectivity index (χ3n) is 4.65. The van der Waals surface area contributed by atoms with Crippen molar-refractivity contribution in [3.05, 3.63) is 0 Å². The van der Waals surface area contributed by atoms with Gasteiger partial charge in [0, 0.05) is 6.04 Å². The molecule has 1 fully saturated rings. The van der Waals surface area contributed by atoms with E-state index >= 15 is 0 Å². The molecule has 1 rings (SSSR count). The van der Waals surface area contributed by atoms with Crippen molar-refractivity contribution in [2.75, 3.05) is 20.1 Å². The quantitative estimate of drug-likeness (QED) is 0.654. The van der Waals surface area contributed by atoms with E-state index in [0.717, 1.165) is 31.8 Å². The molecule has 0 spiro atoms. The highest BCUT2D eigenvalue weighted by Gasteiger charge is 2.22. The van der Waals surface area contributed by atoms with E-state index in [9.17, 15) is 5.26 Å².